The molecule has 0 fully saturated rings. The van der Waals surface area contributed by atoms with Gasteiger partial charge in [-0.05, 0) is 19.1 Å². The molecule has 1 N–H and O–H groups in total. The number of aryl methyl sites for hydroxylation is 2. The van der Waals surface area contributed by atoms with E-state index in [1.54, 1.807) is 44.3 Å². The molecule has 1 aromatic carbocycles. The standard InChI is InChI=1S/C18H18N4O5/c1-11-9-14(21-27-11)20-16(23)10-26-17(24)8-7-15-19-13-6-4-3-5-12(13)18(25)22(15)2/h3-6,9H,7-8,10H2,1-2H3,(H,20,21,23). The predicted molar refractivity (Wildman–Crippen MR) is 96.1 cm³/mol. The Kier molecular flexibility index (Phi) is 5.30. The van der Waals surface area contributed by atoms with Gasteiger partial charge in [-0.3, -0.25) is 19.0 Å². The van der Waals surface area contributed by atoms with Crippen molar-refractivity contribution in [3.05, 3.63) is 52.3 Å². The summed E-state index contributed by atoms with van der Waals surface area (Å²) in [4.78, 5) is 40.3. The van der Waals surface area contributed by atoms with Crippen molar-refractivity contribution in [2.45, 2.75) is 19.8 Å². The number of para-hydroxylation sites is 1. The largest absolute Gasteiger partial charge is 0.456 e. The van der Waals surface area contributed by atoms with Gasteiger partial charge in [0, 0.05) is 19.5 Å². The molecule has 0 saturated carbocycles. The first kappa shape index (κ1) is 18.3. The van der Waals surface area contributed by atoms with E-state index in [-0.39, 0.29) is 24.2 Å². The number of nitrogens with one attached hydrogen (secondary N) is 1. The lowest BCUT2D eigenvalue weighted by molar-refractivity contribution is -0.147. The summed E-state index contributed by atoms with van der Waals surface area (Å²) in [5.74, 6) is 0.189. The molecule has 3 rings (SSSR count). The van der Waals surface area contributed by atoms with Crippen molar-refractivity contribution in [3.63, 3.8) is 0 Å². The van der Waals surface area contributed by atoms with Gasteiger partial charge in [0.15, 0.2) is 12.4 Å². The number of hydrogen-bond acceptors (Lipinski definition) is 7. The minimum atomic E-state index is -0.566. The van der Waals surface area contributed by atoms with Crippen molar-refractivity contribution in [2.24, 2.45) is 7.05 Å². The molecule has 0 unspecified atom stereocenters. The first-order valence-corrected chi connectivity index (χ1v) is 8.27. The summed E-state index contributed by atoms with van der Waals surface area (Å²) in [6, 6.07) is 8.56. The van der Waals surface area contributed by atoms with E-state index in [2.05, 4.69) is 15.5 Å². The summed E-state index contributed by atoms with van der Waals surface area (Å²) in [6.07, 6.45) is 0.217. The van der Waals surface area contributed by atoms with Crippen LogP contribution < -0.4 is 10.9 Å². The second-order valence-electron chi connectivity index (χ2n) is 5.94. The zero-order valence-electron chi connectivity index (χ0n) is 14.9. The summed E-state index contributed by atoms with van der Waals surface area (Å²) in [7, 11) is 1.61. The number of hydrogen-bond donors (Lipinski definition) is 1. The lowest BCUT2D eigenvalue weighted by atomic mass is 10.2. The maximum Gasteiger partial charge on any atom is 0.306 e. The second kappa shape index (κ2) is 7.81. The van der Waals surface area contributed by atoms with Crippen molar-refractivity contribution < 1.29 is 18.8 Å². The first-order valence-electron chi connectivity index (χ1n) is 8.27. The molecule has 0 radical (unpaired) electrons. The van der Waals surface area contributed by atoms with Crippen LogP contribution in [0, 0.1) is 6.92 Å². The number of benzene rings is 1. The van der Waals surface area contributed by atoms with Gasteiger partial charge in [0.25, 0.3) is 11.5 Å². The lowest BCUT2D eigenvalue weighted by Crippen LogP contribution is -2.24. The Balaban J connectivity index is 1.55. The quantitative estimate of drug-likeness (QED) is 0.651. The van der Waals surface area contributed by atoms with E-state index in [1.165, 1.54) is 4.57 Å². The number of rotatable bonds is 6. The highest BCUT2D eigenvalue weighted by Gasteiger charge is 2.13. The molecule has 1 amide bonds. The van der Waals surface area contributed by atoms with Crippen LogP contribution in [0.5, 0.6) is 0 Å². The van der Waals surface area contributed by atoms with Crippen LogP contribution in [0.1, 0.15) is 18.0 Å². The Labute approximate surface area is 153 Å². The van der Waals surface area contributed by atoms with E-state index in [0.717, 1.165) is 0 Å². The molecule has 9 nitrogen and oxygen atoms in total. The molecule has 0 bridgehead atoms. The second-order valence-corrected chi connectivity index (χ2v) is 5.94. The average Bonchev–Trinajstić information content (AvgIpc) is 3.06. The third-order valence-electron chi connectivity index (χ3n) is 3.89. The van der Waals surface area contributed by atoms with Gasteiger partial charge in [0.05, 0.1) is 17.3 Å². The summed E-state index contributed by atoms with van der Waals surface area (Å²) < 4.78 is 11.2. The number of esters is 1. The number of carbonyl (C=O) groups excluding carboxylic acids is 2. The number of nitrogens with zero attached hydrogens (tertiary/aromatic N) is 3. The summed E-state index contributed by atoms with van der Waals surface area (Å²) >= 11 is 0. The maximum atomic E-state index is 12.3. The number of amides is 1. The minimum Gasteiger partial charge on any atom is -0.456 e. The third-order valence-corrected chi connectivity index (χ3v) is 3.89. The van der Waals surface area contributed by atoms with Gasteiger partial charge in [0.1, 0.15) is 11.6 Å². The van der Waals surface area contributed by atoms with Crippen LogP contribution in [0.15, 0.2) is 39.6 Å². The van der Waals surface area contributed by atoms with Gasteiger partial charge in [-0.25, -0.2) is 4.98 Å². The van der Waals surface area contributed by atoms with Crippen molar-refractivity contribution in [3.8, 4) is 0 Å². The van der Waals surface area contributed by atoms with Crippen LogP contribution in [0.25, 0.3) is 10.9 Å². The van der Waals surface area contributed by atoms with Crippen molar-refractivity contribution >= 4 is 28.6 Å². The van der Waals surface area contributed by atoms with Gasteiger partial charge >= 0.3 is 5.97 Å². The third kappa shape index (κ3) is 4.38. The molecule has 0 aliphatic heterocycles. The van der Waals surface area contributed by atoms with E-state index in [0.29, 0.717) is 22.5 Å². The Morgan fingerprint density at radius 1 is 1.30 bits per heavy atom. The number of fused-ring (bicyclic) bond motifs is 1. The summed E-state index contributed by atoms with van der Waals surface area (Å²) in [6.45, 7) is 1.26. The molecule has 0 aliphatic rings. The zero-order chi connectivity index (χ0) is 19.4. The SMILES string of the molecule is Cc1cc(NC(=O)COC(=O)CCc2nc3ccccc3c(=O)n2C)no1. The summed E-state index contributed by atoms with van der Waals surface area (Å²) in [5, 5.41) is 6.58. The molecule has 2 aromatic heterocycles. The van der Waals surface area contributed by atoms with Crippen LogP contribution in [-0.2, 0) is 27.8 Å². The van der Waals surface area contributed by atoms with E-state index in [1.807, 2.05) is 0 Å². The zero-order valence-corrected chi connectivity index (χ0v) is 14.9. The molecule has 2 heterocycles. The van der Waals surface area contributed by atoms with Crippen molar-refractivity contribution in [1.29, 1.82) is 0 Å². The topological polar surface area (TPSA) is 116 Å². The van der Waals surface area contributed by atoms with Gasteiger partial charge in [-0.2, -0.15) is 0 Å². The Hall–Kier alpha value is -3.49. The van der Waals surface area contributed by atoms with Crippen molar-refractivity contribution in [1.82, 2.24) is 14.7 Å². The molecule has 3 aromatic rings. The van der Waals surface area contributed by atoms with Crippen LogP contribution in [0.2, 0.25) is 0 Å². The predicted octanol–water partition coefficient (Wildman–Crippen LogP) is 1.34. The van der Waals surface area contributed by atoms with E-state index >= 15 is 0 Å². The fourth-order valence-electron chi connectivity index (χ4n) is 2.52. The molecular formula is C18H18N4O5. The number of aromatic nitrogens is 3. The maximum absolute atomic E-state index is 12.3. The Bertz CT molecular complexity index is 1050. The van der Waals surface area contributed by atoms with Crippen LogP contribution in [0.4, 0.5) is 5.82 Å². The van der Waals surface area contributed by atoms with E-state index in [9.17, 15) is 14.4 Å². The van der Waals surface area contributed by atoms with Crippen LogP contribution >= 0.6 is 0 Å². The van der Waals surface area contributed by atoms with E-state index in [4.69, 9.17) is 9.26 Å². The fourth-order valence-corrected chi connectivity index (χ4v) is 2.52. The molecule has 9 heteroatoms. The van der Waals surface area contributed by atoms with Gasteiger partial charge in [-0.15, -0.1) is 0 Å². The van der Waals surface area contributed by atoms with Gasteiger partial charge in [-0.1, -0.05) is 17.3 Å². The fraction of sp³-hybridized carbons (Fsp3) is 0.278. The normalized spacial score (nSPS) is 10.7. The highest BCUT2D eigenvalue weighted by molar-refractivity contribution is 5.91. The molecule has 140 valence electrons. The monoisotopic (exact) mass is 370 g/mol. The molecule has 0 atom stereocenters. The van der Waals surface area contributed by atoms with Crippen molar-refractivity contribution in [2.75, 3.05) is 11.9 Å². The Morgan fingerprint density at radius 3 is 2.81 bits per heavy atom. The number of ether oxygens (including phenoxy) is 1. The van der Waals surface area contributed by atoms with E-state index < -0.39 is 18.5 Å². The molecule has 27 heavy (non-hydrogen) atoms. The van der Waals surface area contributed by atoms with Crippen LogP contribution in [-0.4, -0.2) is 33.2 Å². The highest BCUT2D eigenvalue weighted by atomic mass is 16.5. The minimum absolute atomic E-state index is 0.00499. The highest BCUT2D eigenvalue weighted by Crippen LogP contribution is 2.09. The summed E-state index contributed by atoms with van der Waals surface area (Å²) in [5.41, 5.74) is 0.400. The van der Waals surface area contributed by atoms with Gasteiger partial charge < -0.3 is 14.6 Å². The molecule has 0 aliphatic carbocycles. The van der Waals surface area contributed by atoms with Gasteiger partial charge in [0.2, 0.25) is 0 Å². The number of carbonyl (C=O) groups is 2. The molecule has 0 saturated heterocycles. The first-order chi connectivity index (χ1) is 12.9. The average molecular weight is 370 g/mol. The molecule has 0 spiro atoms. The van der Waals surface area contributed by atoms with Crippen LogP contribution in [0.3, 0.4) is 0 Å². The smallest absolute Gasteiger partial charge is 0.306 e. The number of anilines is 1. The molecular weight excluding hydrogens is 352 g/mol. The Morgan fingerprint density at radius 2 is 2.07 bits per heavy atom. The lowest BCUT2D eigenvalue weighted by Gasteiger charge is -2.09.